The molecule has 1 heterocycles. The quantitative estimate of drug-likeness (QED) is 0.721. The Morgan fingerprint density at radius 3 is 2.78 bits per heavy atom. The summed E-state index contributed by atoms with van der Waals surface area (Å²) in [5.74, 6) is 0.840. The zero-order chi connectivity index (χ0) is 16.1. The van der Waals surface area contributed by atoms with Crippen LogP contribution in [-0.4, -0.2) is 31.8 Å². The van der Waals surface area contributed by atoms with Crippen molar-refractivity contribution in [3.05, 3.63) is 35.6 Å². The van der Waals surface area contributed by atoms with Gasteiger partial charge in [-0.1, -0.05) is 24.9 Å². The molecular weight excluding hydrogens is 311 g/mol. The maximum absolute atomic E-state index is 13.4. The first-order valence-corrected chi connectivity index (χ1v) is 9.18. The Hall–Kier alpha value is -0.620. The van der Waals surface area contributed by atoms with Crippen LogP contribution >= 0.6 is 12.8 Å². The highest BCUT2D eigenvalue weighted by molar-refractivity contribution is 7.78. The molecule has 2 atom stereocenters. The lowest BCUT2D eigenvalue weighted by molar-refractivity contribution is -0.00383. The number of piperidine rings is 1. The van der Waals surface area contributed by atoms with Crippen molar-refractivity contribution in [3.63, 3.8) is 0 Å². The molecule has 3 nitrogen and oxygen atoms in total. The van der Waals surface area contributed by atoms with Gasteiger partial charge in [-0.25, -0.2) is 4.39 Å². The molecule has 1 saturated heterocycles. The van der Waals surface area contributed by atoms with E-state index in [-0.39, 0.29) is 5.82 Å². The highest BCUT2D eigenvalue weighted by atomic mass is 32.1. The average molecular weight is 338 g/mol. The summed E-state index contributed by atoms with van der Waals surface area (Å²) >= 11 is 4.24. The Labute approximate surface area is 143 Å². The van der Waals surface area contributed by atoms with Gasteiger partial charge in [0.05, 0.1) is 12.7 Å². The first-order valence-electron chi connectivity index (χ1n) is 8.73. The number of halogens is 1. The van der Waals surface area contributed by atoms with Gasteiger partial charge >= 0.3 is 0 Å². The van der Waals surface area contributed by atoms with E-state index in [1.165, 1.54) is 6.07 Å². The van der Waals surface area contributed by atoms with Crippen LogP contribution in [0.15, 0.2) is 24.3 Å². The third-order valence-corrected chi connectivity index (χ3v) is 5.65. The molecule has 1 aliphatic heterocycles. The molecule has 1 aliphatic carbocycles. The molecule has 0 bridgehead atoms. The van der Waals surface area contributed by atoms with E-state index in [9.17, 15) is 4.39 Å². The standard InChI is InChI=1S/C18H27FN2OS/c19-16-3-1-2-14(10-16)13-4-6-17(7-5-13)22-12-15-11-20-9-8-18(15)21-23/h1-3,10,13,15,17-18,20-21,23H,4-9,11-12H2/t13-,15?,17+,18?. The van der Waals surface area contributed by atoms with E-state index in [1.807, 2.05) is 12.1 Å². The number of nitrogens with one attached hydrogen (secondary N) is 2. The summed E-state index contributed by atoms with van der Waals surface area (Å²) in [6.07, 6.45) is 5.77. The minimum atomic E-state index is -0.129. The third kappa shape index (κ3) is 4.69. The van der Waals surface area contributed by atoms with Crippen LogP contribution in [0.4, 0.5) is 4.39 Å². The van der Waals surface area contributed by atoms with Crippen LogP contribution in [0.25, 0.3) is 0 Å². The van der Waals surface area contributed by atoms with Crippen molar-refractivity contribution in [1.82, 2.24) is 10.0 Å². The van der Waals surface area contributed by atoms with E-state index >= 15 is 0 Å². The monoisotopic (exact) mass is 338 g/mol. The smallest absolute Gasteiger partial charge is 0.123 e. The van der Waals surface area contributed by atoms with Gasteiger partial charge in [0.2, 0.25) is 0 Å². The first-order chi connectivity index (χ1) is 11.3. The molecule has 1 aromatic rings. The molecule has 3 rings (SSSR count). The van der Waals surface area contributed by atoms with Crippen molar-refractivity contribution in [2.24, 2.45) is 5.92 Å². The molecule has 0 amide bonds. The summed E-state index contributed by atoms with van der Waals surface area (Å²) in [4.78, 5) is 0. The average Bonchev–Trinajstić information content (AvgIpc) is 2.60. The van der Waals surface area contributed by atoms with Crippen LogP contribution in [0.3, 0.4) is 0 Å². The largest absolute Gasteiger partial charge is 0.378 e. The van der Waals surface area contributed by atoms with E-state index < -0.39 is 0 Å². The summed E-state index contributed by atoms with van der Waals surface area (Å²) in [5, 5.41) is 3.43. The molecule has 1 saturated carbocycles. The number of ether oxygens (including phenoxy) is 1. The maximum atomic E-state index is 13.4. The van der Waals surface area contributed by atoms with Crippen LogP contribution in [0.5, 0.6) is 0 Å². The second-order valence-electron chi connectivity index (χ2n) is 6.85. The Morgan fingerprint density at radius 1 is 1.22 bits per heavy atom. The number of thiol groups is 1. The Morgan fingerprint density at radius 2 is 2.04 bits per heavy atom. The lowest BCUT2D eigenvalue weighted by atomic mass is 9.82. The summed E-state index contributed by atoms with van der Waals surface area (Å²) in [5.41, 5.74) is 1.14. The molecule has 5 heteroatoms. The molecule has 2 fully saturated rings. The Balaban J connectivity index is 1.44. The van der Waals surface area contributed by atoms with Crippen molar-refractivity contribution in [3.8, 4) is 0 Å². The van der Waals surface area contributed by atoms with Crippen LogP contribution in [-0.2, 0) is 4.74 Å². The molecule has 23 heavy (non-hydrogen) atoms. The van der Waals surface area contributed by atoms with Crippen molar-refractivity contribution >= 4 is 12.8 Å². The first kappa shape index (κ1) is 17.2. The van der Waals surface area contributed by atoms with Gasteiger partial charge < -0.3 is 10.1 Å². The van der Waals surface area contributed by atoms with Crippen molar-refractivity contribution < 1.29 is 9.13 Å². The molecule has 0 aromatic heterocycles. The number of rotatable bonds is 5. The molecule has 0 spiro atoms. The minimum absolute atomic E-state index is 0.129. The second kappa shape index (κ2) is 8.47. The predicted octanol–water partition coefficient (Wildman–Crippen LogP) is 3.28. The van der Waals surface area contributed by atoms with Crippen molar-refractivity contribution in [2.45, 2.75) is 50.2 Å². The van der Waals surface area contributed by atoms with Gasteiger partial charge in [-0.2, -0.15) is 0 Å². The van der Waals surface area contributed by atoms with E-state index in [2.05, 4.69) is 22.9 Å². The van der Waals surface area contributed by atoms with Gasteiger partial charge in [0.15, 0.2) is 0 Å². The second-order valence-corrected chi connectivity index (χ2v) is 7.11. The van der Waals surface area contributed by atoms with Gasteiger partial charge in [-0.05, 0) is 62.3 Å². The van der Waals surface area contributed by atoms with Crippen LogP contribution < -0.4 is 10.0 Å². The summed E-state index contributed by atoms with van der Waals surface area (Å²) in [6, 6.07) is 7.49. The topological polar surface area (TPSA) is 33.3 Å². The summed E-state index contributed by atoms with van der Waals surface area (Å²) < 4.78 is 22.6. The van der Waals surface area contributed by atoms with Crippen LogP contribution in [0, 0.1) is 11.7 Å². The van der Waals surface area contributed by atoms with Crippen LogP contribution in [0.1, 0.15) is 43.6 Å². The fourth-order valence-corrected chi connectivity index (χ4v) is 4.19. The van der Waals surface area contributed by atoms with Crippen LogP contribution in [0.2, 0.25) is 0 Å². The molecular formula is C18H27FN2OS. The fourth-order valence-electron chi connectivity index (χ4n) is 3.85. The van der Waals surface area contributed by atoms with E-state index in [0.717, 1.165) is 57.4 Å². The van der Waals surface area contributed by atoms with Gasteiger partial charge in [-0.3, -0.25) is 4.72 Å². The lowest BCUT2D eigenvalue weighted by Gasteiger charge is -2.34. The molecule has 128 valence electrons. The molecule has 2 unspecified atom stereocenters. The Kier molecular flexibility index (Phi) is 6.34. The SMILES string of the molecule is Fc1cccc([C@H]2CC[C@@H](OCC3CNCCC3NS)CC2)c1. The predicted molar refractivity (Wildman–Crippen MR) is 94.2 cm³/mol. The highest BCUT2D eigenvalue weighted by Gasteiger charge is 2.27. The van der Waals surface area contributed by atoms with E-state index in [4.69, 9.17) is 4.74 Å². The number of hydrogen-bond donors (Lipinski definition) is 3. The minimum Gasteiger partial charge on any atom is -0.378 e. The van der Waals surface area contributed by atoms with Gasteiger partial charge in [0, 0.05) is 18.5 Å². The Bertz CT molecular complexity index is 494. The van der Waals surface area contributed by atoms with E-state index in [0.29, 0.717) is 24.0 Å². The summed E-state index contributed by atoms with van der Waals surface area (Å²) in [6.45, 7) is 2.84. The molecule has 2 aliphatic rings. The van der Waals surface area contributed by atoms with Crippen molar-refractivity contribution in [2.75, 3.05) is 19.7 Å². The maximum Gasteiger partial charge on any atom is 0.123 e. The number of hydrogen-bond acceptors (Lipinski definition) is 4. The normalized spacial score (nSPS) is 31.9. The zero-order valence-electron chi connectivity index (χ0n) is 13.5. The van der Waals surface area contributed by atoms with Gasteiger partial charge in [0.1, 0.15) is 5.82 Å². The number of benzene rings is 1. The van der Waals surface area contributed by atoms with Gasteiger partial charge in [0.25, 0.3) is 0 Å². The van der Waals surface area contributed by atoms with E-state index in [1.54, 1.807) is 6.07 Å². The van der Waals surface area contributed by atoms with Crippen molar-refractivity contribution in [1.29, 1.82) is 0 Å². The summed E-state index contributed by atoms with van der Waals surface area (Å²) in [7, 11) is 0. The third-order valence-electron chi connectivity index (χ3n) is 5.31. The molecule has 2 N–H and O–H groups in total. The highest BCUT2D eigenvalue weighted by Crippen LogP contribution is 2.34. The lowest BCUT2D eigenvalue weighted by Crippen LogP contribution is -2.47. The zero-order valence-corrected chi connectivity index (χ0v) is 14.4. The molecule has 0 radical (unpaired) electrons. The molecule has 1 aromatic carbocycles. The van der Waals surface area contributed by atoms with Gasteiger partial charge in [-0.15, -0.1) is 0 Å². The fraction of sp³-hybridized carbons (Fsp3) is 0.667.